The zero-order valence-corrected chi connectivity index (χ0v) is 15.4. The number of hydrogen-bond acceptors (Lipinski definition) is 3. The van der Waals surface area contributed by atoms with Gasteiger partial charge in [-0.3, -0.25) is 4.79 Å². The van der Waals surface area contributed by atoms with Crippen LogP contribution < -0.4 is 10.1 Å². The highest BCUT2D eigenvalue weighted by Crippen LogP contribution is 2.28. The van der Waals surface area contributed by atoms with Gasteiger partial charge >= 0.3 is 0 Å². The molecule has 0 aliphatic carbocycles. The molecule has 0 saturated carbocycles. The first-order valence-electron chi connectivity index (χ1n) is 8.22. The van der Waals surface area contributed by atoms with Gasteiger partial charge in [0.15, 0.2) is 0 Å². The molecule has 4 nitrogen and oxygen atoms in total. The van der Waals surface area contributed by atoms with Crippen molar-refractivity contribution >= 4 is 11.6 Å². The fourth-order valence-electron chi connectivity index (χ4n) is 2.95. The van der Waals surface area contributed by atoms with Crippen molar-refractivity contribution in [3.8, 4) is 5.88 Å². The summed E-state index contributed by atoms with van der Waals surface area (Å²) in [5.41, 5.74) is 6.74. The van der Waals surface area contributed by atoms with Gasteiger partial charge in [-0.25, -0.2) is 4.98 Å². The molecule has 4 heteroatoms. The Kier molecular flexibility index (Phi) is 5.60. The summed E-state index contributed by atoms with van der Waals surface area (Å²) in [5.74, 6) is 1.00. The fourth-order valence-corrected chi connectivity index (χ4v) is 2.95. The van der Waals surface area contributed by atoms with Crippen LogP contribution in [0.2, 0.25) is 0 Å². The van der Waals surface area contributed by atoms with Gasteiger partial charge in [0.05, 0.1) is 7.11 Å². The number of nitrogens with one attached hydrogen (secondary N) is 1. The zero-order valence-electron chi connectivity index (χ0n) is 15.4. The SMILES string of the molecule is COc1ncc(Cc2c(C)cc(NC(C)=O)cc2C)cc1C(C)C. The number of methoxy groups -OCH3 is 1. The Bertz CT molecular complexity index is 728. The largest absolute Gasteiger partial charge is 0.481 e. The Labute approximate surface area is 144 Å². The molecular weight excluding hydrogens is 300 g/mol. The third-order valence-corrected chi connectivity index (χ3v) is 4.15. The van der Waals surface area contributed by atoms with Crippen molar-refractivity contribution in [3.05, 3.63) is 52.2 Å². The molecule has 0 aliphatic rings. The van der Waals surface area contributed by atoms with Gasteiger partial charge in [0.1, 0.15) is 0 Å². The van der Waals surface area contributed by atoms with Crippen molar-refractivity contribution in [2.45, 2.75) is 47.0 Å². The van der Waals surface area contributed by atoms with E-state index in [-0.39, 0.29) is 5.91 Å². The highest BCUT2D eigenvalue weighted by Gasteiger charge is 2.12. The molecule has 0 spiro atoms. The summed E-state index contributed by atoms with van der Waals surface area (Å²) in [4.78, 5) is 15.7. The predicted octanol–water partition coefficient (Wildman–Crippen LogP) is 4.38. The van der Waals surface area contributed by atoms with E-state index in [2.05, 4.69) is 44.1 Å². The number of aryl methyl sites for hydroxylation is 2. The lowest BCUT2D eigenvalue weighted by Gasteiger charge is -2.15. The molecule has 1 amide bonds. The molecule has 2 rings (SSSR count). The van der Waals surface area contributed by atoms with Crippen LogP contribution in [0.1, 0.15) is 54.5 Å². The fraction of sp³-hybridized carbons (Fsp3) is 0.400. The Hall–Kier alpha value is -2.36. The Morgan fingerprint density at radius 1 is 1.21 bits per heavy atom. The van der Waals surface area contributed by atoms with E-state index in [1.165, 1.54) is 23.6 Å². The normalized spacial score (nSPS) is 10.8. The van der Waals surface area contributed by atoms with E-state index in [0.29, 0.717) is 11.8 Å². The predicted molar refractivity (Wildman–Crippen MR) is 97.9 cm³/mol. The molecule has 0 saturated heterocycles. The van der Waals surface area contributed by atoms with Crippen LogP contribution in [-0.4, -0.2) is 18.0 Å². The van der Waals surface area contributed by atoms with Crippen molar-refractivity contribution in [2.75, 3.05) is 12.4 Å². The minimum absolute atomic E-state index is 0.0533. The van der Waals surface area contributed by atoms with Crippen LogP contribution in [0.5, 0.6) is 5.88 Å². The summed E-state index contributed by atoms with van der Waals surface area (Å²) in [5, 5.41) is 2.85. The van der Waals surface area contributed by atoms with Crippen LogP contribution in [0.3, 0.4) is 0 Å². The minimum atomic E-state index is -0.0533. The molecule has 2 aromatic rings. The van der Waals surface area contributed by atoms with Gasteiger partial charge in [0.2, 0.25) is 11.8 Å². The summed E-state index contributed by atoms with van der Waals surface area (Å²) in [6, 6.07) is 6.21. The lowest BCUT2D eigenvalue weighted by molar-refractivity contribution is -0.114. The number of carbonyl (C=O) groups is 1. The Morgan fingerprint density at radius 2 is 1.83 bits per heavy atom. The number of anilines is 1. The first kappa shape index (κ1) is 18.0. The molecule has 1 aromatic carbocycles. The van der Waals surface area contributed by atoms with Crippen LogP contribution in [0.25, 0.3) is 0 Å². The van der Waals surface area contributed by atoms with E-state index in [1.54, 1.807) is 7.11 Å². The molecule has 0 unspecified atom stereocenters. The van der Waals surface area contributed by atoms with E-state index in [1.807, 2.05) is 18.3 Å². The van der Waals surface area contributed by atoms with Gasteiger partial charge in [-0.1, -0.05) is 13.8 Å². The van der Waals surface area contributed by atoms with E-state index >= 15 is 0 Å². The number of benzene rings is 1. The molecule has 128 valence electrons. The first-order valence-corrected chi connectivity index (χ1v) is 8.22. The molecule has 0 atom stereocenters. The lowest BCUT2D eigenvalue weighted by Crippen LogP contribution is -2.07. The smallest absolute Gasteiger partial charge is 0.221 e. The van der Waals surface area contributed by atoms with Gasteiger partial charge in [-0.05, 0) is 66.6 Å². The molecule has 1 heterocycles. The highest BCUT2D eigenvalue weighted by atomic mass is 16.5. The van der Waals surface area contributed by atoms with Gasteiger partial charge in [-0.2, -0.15) is 0 Å². The van der Waals surface area contributed by atoms with Crippen molar-refractivity contribution < 1.29 is 9.53 Å². The summed E-state index contributed by atoms with van der Waals surface area (Å²) in [6.45, 7) is 9.96. The molecule has 0 fully saturated rings. The second kappa shape index (κ2) is 7.47. The van der Waals surface area contributed by atoms with Crippen LogP contribution >= 0.6 is 0 Å². The van der Waals surface area contributed by atoms with Gasteiger partial charge in [0, 0.05) is 24.4 Å². The first-order chi connectivity index (χ1) is 11.3. The number of hydrogen-bond donors (Lipinski definition) is 1. The molecular formula is C20H26N2O2. The van der Waals surface area contributed by atoms with Gasteiger partial charge < -0.3 is 10.1 Å². The standard InChI is InChI=1S/C20H26N2O2/c1-12(2)18-9-16(11-21-20(18)24-6)10-19-13(3)7-17(8-14(19)4)22-15(5)23/h7-9,11-12H,10H2,1-6H3,(H,22,23). The summed E-state index contributed by atoms with van der Waals surface area (Å²) in [6.07, 6.45) is 2.69. The van der Waals surface area contributed by atoms with E-state index in [9.17, 15) is 4.79 Å². The number of rotatable bonds is 5. The third kappa shape index (κ3) is 4.13. The molecule has 1 N–H and O–H groups in total. The number of nitrogens with zero attached hydrogens (tertiary/aromatic N) is 1. The van der Waals surface area contributed by atoms with Crippen LogP contribution in [-0.2, 0) is 11.2 Å². The quantitative estimate of drug-likeness (QED) is 0.887. The average molecular weight is 326 g/mol. The minimum Gasteiger partial charge on any atom is -0.481 e. The lowest BCUT2D eigenvalue weighted by atomic mass is 9.94. The van der Waals surface area contributed by atoms with Crippen molar-refractivity contribution in [1.82, 2.24) is 4.98 Å². The number of amides is 1. The summed E-state index contributed by atoms with van der Waals surface area (Å²) >= 11 is 0. The Balaban J connectivity index is 2.34. The second-order valence-electron chi connectivity index (χ2n) is 6.54. The number of ether oxygens (including phenoxy) is 1. The van der Waals surface area contributed by atoms with Crippen LogP contribution in [0.15, 0.2) is 24.4 Å². The monoisotopic (exact) mass is 326 g/mol. The maximum absolute atomic E-state index is 11.2. The number of carbonyl (C=O) groups excluding carboxylic acids is 1. The third-order valence-electron chi connectivity index (χ3n) is 4.15. The van der Waals surface area contributed by atoms with Crippen molar-refractivity contribution in [3.63, 3.8) is 0 Å². The van der Waals surface area contributed by atoms with Crippen LogP contribution in [0, 0.1) is 13.8 Å². The van der Waals surface area contributed by atoms with E-state index in [0.717, 1.165) is 23.2 Å². The molecule has 0 bridgehead atoms. The van der Waals surface area contributed by atoms with Crippen molar-refractivity contribution in [1.29, 1.82) is 0 Å². The molecule has 24 heavy (non-hydrogen) atoms. The maximum Gasteiger partial charge on any atom is 0.221 e. The topological polar surface area (TPSA) is 51.2 Å². The van der Waals surface area contributed by atoms with E-state index < -0.39 is 0 Å². The van der Waals surface area contributed by atoms with Gasteiger partial charge in [0.25, 0.3) is 0 Å². The molecule has 0 aliphatic heterocycles. The number of pyridine rings is 1. The summed E-state index contributed by atoms with van der Waals surface area (Å²) < 4.78 is 5.36. The highest BCUT2D eigenvalue weighted by molar-refractivity contribution is 5.89. The number of aromatic nitrogens is 1. The average Bonchev–Trinajstić information content (AvgIpc) is 2.50. The van der Waals surface area contributed by atoms with E-state index in [4.69, 9.17) is 4.74 Å². The second-order valence-corrected chi connectivity index (χ2v) is 6.54. The van der Waals surface area contributed by atoms with Gasteiger partial charge in [-0.15, -0.1) is 0 Å². The molecule has 0 radical (unpaired) electrons. The molecule has 1 aromatic heterocycles. The maximum atomic E-state index is 11.2. The summed E-state index contributed by atoms with van der Waals surface area (Å²) in [7, 11) is 1.66. The van der Waals surface area contributed by atoms with Crippen LogP contribution in [0.4, 0.5) is 5.69 Å². The Morgan fingerprint density at radius 3 is 2.33 bits per heavy atom. The zero-order chi connectivity index (χ0) is 17.9. The van der Waals surface area contributed by atoms with Crippen molar-refractivity contribution in [2.24, 2.45) is 0 Å².